The van der Waals surface area contributed by atoms with Gasteiger partial charge in [-0.1, -0.05) is 0 Å². The van der Waals surface area contributed by atoms with Gasteiger partial charge in [0.25, 0.3) is 0 Å². The van der Waals surface area contributed by atoms with E-state index >= 15 is 0 Å². The molecule has 74 valence electrons. The maximum atomic E-state index is 9.09. The Labute approximate surface area is 82.8 Å². The van der Waals surface area contributed by atoms with Gasteiger partial charge >= 0.3 is 0 Å². The van der Waals surface area contributed by atoms with Crippen LogP contribution in [0.2, 0.25) is 0 Å². The quantitative estimate of drug-likeness (QED) is 0.774. The molecule has 0 bridgehead atoms. The van der Waals surface area contributed by atoms with Crippen molar-refractivity contribution in [2.45, 2.75) is 32.9 Å². The van der Waals surface area contributed by atoms with Gasteiger partial charge < -0.3 is 10.4 Å². The molecule has 0 saturated heterocycles. The molecular formula is C9H16N2OS. The number of aromatic nitrogens is 1. The highest BCUT2D eigenvalue weighted by Gasteiger charge is 2.10. The minimum Gasteiger partial charge on any atom is -0.392 e. The predicted octanol–water partition coefficient (Wildman–Crippen LogP) is 1.48. The normalized spacial score (nSPS) is 15.7. The van der Waals surface area contributed by atoms with Crippen molar-refractivity contribution in [2.24, 2.45) is 0 Å². The second-order valence-electron chi connectivity index (χ2n) is 3.28. The van der Waals surface area contributed by atoms with E-state index in [-0.39, 0.29) is 12.1 Å². The van der Waals surface area contributed by atoms with Crippen molar-refractivity contribution in [1.29, 1.82) is 0 Å². The molecule has 0 fully saturated rings. The summed E-state index contributed by atoms with van der Waals surface area (Å²) in [5.41, 5.74) is 2.93. The fourth-order valence-electron chi connectivity index (χ4n) is 1.17. The van der Waals surface area contributed by atoms with Gasteiger partial charge in [0, 0.05) is 17.5 Å². The van der Waals surface area contributed by atoms with Gasteiger partial charge in [0.1, 0.15) is 0 Å². The molecule has 0 aliphatic carbocycles. The third-order valence-electron chi connectivity index (χ3n) is 1.90. The third-order valence-corrected chi connectivity index (χ3v) is 3.01. The summed E-state index contributed by atoms with van der Waals surface area (Å²) in [6.07, 6.45) is -0.296. The predicted molar refractivity (Wildman–Crippen MR) is 54.9 cm³/mol. The summed E-state index contributed by atoms with van der Waals surface area (Å²) in [6, 6.07) is 0.280. The van der Waals surface area contributed by atoms with Crippen LogP contribution >= 0.6 is 11.3 Å². The fourth-order valence-corrected chi connectivity index (χ4v) is 2.00. The first-order valence-corrected chi connectivity index (χ1v) is 5.30. The summed E-state index contributed by atoms with van der Waals surface area (Å²) in [7, 11) is 0. The van der Waals surface area contributed by atoms with E-state index in [4.69, 9.17) is 5.11 Å². The number of thiazole rings is 1. The van der Waals surface area contributed by atoms with Crippen LogP contribution in [0.3, 0.4) is 0 Å². The second-order valence-corrected chi connectivity index (χ2v) is 4.17. The molecule has 4 heteroatoms. The highest BCUT2D eigenvalue weighted by molar-refractivity contribution is 7.09. The standard InChI is InChI=1S/C9H16N2OS/c1-6(12)4-10-7(2)9-8(3)11-5-13-9/h5-7,10,12H,4H2,1-3H3/t6-,7?/m1/s1. The highest BCUT2D eigenvalue weighted by atomic mass is 32.1. The number of aliphatic hydroxyl groups excluding tert-OH is 1. The van der Waals surface area contributed by atoms with Gasteiger partial charge in [0.2, 0.25) is 0 Å². The Morgan fingerprint density at radius 2 is 2.31 bits per heavy atom. The van der Waals surface area contributed by atoms with E-state index in [1.54, 1.807) is 18.3 Å². The van der Waals surface area contributed by atoms with Crippen molar-refractivity contribution < 1.29 is 5.11 Å². The molecular weight excluding hydrogens is 184 g/mol. The minimum atomic E-state index is -0.296. The van der Waals surface area contributed by atoms with Crippen molar-refractivity contribution in [3.63, 3.8) is 0 Å². The Balaban J connectivity index is 2.49. The Morgan fingerprint density at radius 1 is 1.62 bits per heavy atom. The van der Waals surface area contributed by atoms with E-state index in [0.717, 1.165) is 5.69 Å². The number of nitrogens with zero attached hydrogens (tertiary/aromatic N) is 1. The smallest absolute Gasteiger partial charge is 0.0798 e. The van der Waals surface area contributed by atoms with Crippen molar-refractivity contribution >= 4 is 11.3 Å². The molecule has 1 unspecified atom stereocenters. The SMILES string of the molecule is Cc1ncsc1C(C)NC[C@@H](C)O. The monoisotopic (exact) mass is 200 g/mol. The fraction of sp³-hybridized carbons (Fsp3) is 0.667. The topological polar surface area (TPSA) is 45.2 Å². The average molecular weight is 200 g/mol. The minimum absolute atomic E-state index is 0.280. The molecule has 1 rings (SSSR count). The molecule has 1 aromatic rings. The molecule has 3 nitrogen and oxygen atoms in total. The zero-order chi connectivity index (χ0) is 9.84. The summed E-state index contributed by atoms with van der Waals surface area (Å²) in [6.45, 7) is 6.49. The number of aliphatic hydroxyl groups is 1. The van der Waals surface area contributed by atoms with Crippen LogP contribution in [-0.4, -0.2) is 22.7 Å². The Kier molecular flexibility index (Phi) is 3.84. The van der Waals surface area contributed by atoms with Crippen molar-refractivity contribution in [3.05, 3.63) is 16.1 Å². The largest absolute Gasteiger partial charge is 0.392 e. The lowest BCUT2D eigenvalue weighted by atomic mass is 10.2. The molecule has 13 heavy (non-hydrogen) atoms. The lowest BCUT2D eigenvalue weighted by Gasteiger charge is -2.13. The molecule has 0 saturated carbocycles. The average Bonchev–Trinajstić information content (AvgIpc) is 2.47. The summed E-state index contributed by atoms with van der Waals surface area (Å²) in [5, 5.41) is 12.3. The van der Waals surface area contributed by atoms with Crippen LogP contribution in [0.5, 0.6) is 0 Å². The van der Waals surface area contributed by atoms with Crippen molar-refractivity contribution in [3.8, 4) is 0 Å². The number of hydrogen-bond donors (Lipinski definition) is 2. The molecule has 0 aliphatic rings. The van der Waals surface area contributed by atoms with Crippen molar-refractivity contribution in [1.82, 2.24) is 10.3 Å². The van der Waals surface area contributed by atoms with E-state index < -0.39 is 0 Å². The van der Waals surface area contributed by atoms with E-state index in [1.165, 1.54) is 4.88 Å². The molecule has 0 spiro atoms. The Bertz CT molecular complexity index is 260. The molecule has 1 heterocycles. The third kappa shape index (κ3) is 3.06. The van der Waals surface area contributed by atoms with Crippen LogP contribution in [0.15, 0.2) is 5.51 Å². The van der Waals surface area contributed by atoms with Crippen molar-refractivity contribution in [2.75, 3.05) is 6.54 Å². The lowest BCUT2D eigenvalue weighted by Crippen LogP contribution is -2.27. The first-order valence-electron chi connectivity index (χ1n) is 4.42. The van der Waals surface area contributed by atoms with Gasteiger partial charge in [-0.05, 0) is 20.8 Å². The second kappa shape index (κ2) is 4.69. The maximum absolute atomic E-state index is 9.09. The summed E-state index contributed by atoms with van der Waals surface area (Å²) in [4.78, 5) is 5.43. The maximum Gasteiger partial charge on any atom is 0.0798 e. The van der Waals surface area contributed by atoms with Crippen LogP contribution in [-0.2, 0) is 0 Å². The summed E-state index contributed by atoms with van der Waals surface area (Å²) in [5.74, 6) is 0. The van der Waals surface area contributed by atoms with Gasteiger partial charge in [0.15, 0.2) is 0 Å². The lowest BCUT2D eigenvalue weighted by molar-refractivity contribution is 0.187. The van der Waals surface area contributed by atoms with Crippen LogP contribution < -0.4 is 5.32 Å². The molecule has 0 radical (unpaired) electrons. The van der Waals surface area contributed by atoms with Crippen LogP contribution in [0.4, 0.5) is 0 Å². The Morgan fingerprint density at radius 3 is 2.77 bits per heavy atom. The molecule has 0 amide bonds. The van der Waals surface area contributed by atoms with Crippen LogP contribution in [0.25, 0.3) is 0 Å². The number of nitrogens with one attached hydrogen (secondary N) is 1. The zero-order valence-electron chi connectivity index (χ0n) is 8.24. The van der Waals surface area contributed by atoms with Gasteiger partial charge in [-0.2, -0.15) is 0 Å². The molecule has 2 atom stereocenters. The van der Waals surface area contributed by atoms with Gasteiger partial charge in [-0.25, -0.2) is 4.98 Å². The van der Waals surface area contributed by atoms with Gasteiger partial charge in [0.05, 0.1) is 17.3 Å². The first kappa shape index (κ1) is 10.6. The van der Waals surface area contributed by atoms with E-state index in [1.807, 2.05) is 12.4 Å². The zero-order valence-corrected chi connectivity index (χ0v) is 9.06. The van der Waals surface area contributed by atoms with Gasteiger partial charge in [-0.15, -0.1) is 11.3 Å². The number of hydrogen-bond acceptors (Lipinski definition) is 4. The van der Waals surface area contributed by atoms with Crippen LogP contribution in [0, 0.1) is 6.92 Å². The number of aryl methyl sites for hydroxylation is 1. The summed E-state index contributed by atoms with van der Waals surface area (Å²) >= 11 is 1.65. The van der Waals surface area contributed by atoms with E-state index in [0.29, 0.717) is 6.54 Å². The molecule has 1 aromatic heterocycles. The molecule has 2 N–H and O–H groups in total. The summed E-state index contributed by atoms with van der Waals surface area (Å²) < 4.78 is 0. The van der Waals surface area contributed by atoms with Crippen LogP contribution in [0.1, 0.15) is 30.5 Å². The van der Waals surface area contributed by atoms with Gasteiger partial charge in [-0.3, -0.25) is 0 Å². The molecule has 0 aliphatic heterocycles. The first-order chi connectivity index (χ1) is 6.11. The van der Waals surface area contributed by atoms with E-state index in [2.05, 4.69) is 17.2 Å². The number of rotatable bonds is 4. The Hall–Kier alpha value is -0.450. The highest BCUT2D eigenvalue weighted by Crippen LogP contribution is 2.20. The molecule has 0 aromatic carbocycles. The van der Waals surface area contributed by atoms with E-state index in [9.17, 15) is 0 Å².